The quantitative estimate of drug-likeness (QED) is 0.0176. The maximum Gasteiger partial charge on any atom is 0.339 e. The van der Waals surface area contributed by atoms with Crippen LogP contribution in [-0.4, -0.2) is 68.3 Å². The molecule has 0 amide bonds. The zero-order valence-electron chi connectivity index (χ0n) is 46.3. The number of carbonyl (C=O) groups excluding carboxylic acids is 2. The van der Waals surface area contributed by atoms with Crippen molar-refractivity contribution in [1.29, 1.82) is 16.1 Å². The molecule has 2 aromatic heterocycles. The monoisotopic (exact) mass is 1410 g/mol. The average Bonchev–Trinajstić information content (AvgIpc) is 3.47. The highest BCUT2D eigenvalue weighted by Gasteiger charge is 2.08. The number of H-pyrrole nitrogens is 1. The minimum atomic E-state index is -3.22. The fourth-order valence-electron chi connectivity index (χ4n) is 5.43. The first-order valence-electron chi connectivity index (χ1n) is 24.1. The molecule has 0 unspecified atom stereocenters. The number of aliphatic hydroxyl groups is 1. The third-order valence-electron chi connectivity index (χ3n) is 8.95. The van der Waals surface area contributed by atoms with Crippen molar-refractivity contribution in [3.05, 3.63) is 202 Å². The molecule has 5 aromatic carbocycles. The lowest BCUT2D eigenvalue weighted by Crippen LogP contribution is -2.10. The van der Waals surface area contributed by atoms with E-state index in [9.17, 15) is 18.9 Å². The maximum atomic E-state index is 11.4. The summed E-state index contributed by atoms with van der Waals surface area (Å²) in [5.74, 6) is 0.897. The lowest BCUT2D eigenvalue weighted by atomic mass is 10.2. The molecule has 9 N–H and O–H groups in total. The lowest BCUT2D eigenvalue weighted by Gasteiger charge is -2.04. The number of Topliss-reactive ketones (excluding diaryl/α,β-unsaturated/α-hetero) is 1. The number of nitrogen functional groups attached to an aromatic ring is 1. The molecule has 2 heterocycles. The van der Waals surface area contributed by atoms with Crippen molar-refractivity contribution < 1.29 is 28.7 Å². The molecule has 0 aliphatic rings. The highest BCUT2D eigenvalue weighted by Crippen LogP contribution is 2.61. The number of aryl methyl sites for hydroxylation is 2. The Morgan fingerprint density at radius 3 is 1.48 bits per heavy atom. The molecule has 0 saturated carbocycles. The van der Waals surface area contributed by atoms with Gasteiger partial charge in [0.1, 0.15) is 29.0 Å². The van der Waals surface area contributed by atoms with Crippen LogP contribution in [0.1, 0.15) is 89.9 Å². The van der Waals surface area contributed by atoms with Crippen LogP contribution in [-0.2, 0) is 36.5 Å². The van der Waals surface area contributed by atoms with E-state index in [1.165, 1.54) is 6.07 Å². The van der Waals surface area contributed by atoms with Crippen LogP contribution in [0.5, 0.6) is 0 Å². The molecule has 28 heteroatoms. The Balaban J connectivity index is -0.000000294. The van der Waals surface area contributed by atoms with E-state index in [2.05, 4.69) is 58.4 Å². The van der Waals surface area contributed by atoms with E-state index in [1.54, 1.807) is 112 Å². The number of nitrogens with two attached hydrogens (primary N) is 1. The Morgan fingerprint density at radius 2 is 1.07 bits per heavy atom. The zero-order valence-corrected chi connectivity index (χ0v) is 55.6. The van der Waals surface area contributed by atoms with Crippen LogP contribution in [0.3, 0.4) is 0 Å². The van der Waals surface area contributed by atoms with Gasteiger partial charge in [0.25, 0.3) is 5.56 Å². The summed E-state index contributed by atoms with van der Waals surface area (Å²) in [7, 11) is 0. The summed E-state index contributed by atoms with van der Waals surface area (Å²) in [6.07, 6.45) is 1.89. The summed E-state index contributed by atoms with van der Waals surface area (Å²) in [6, 6.07) is 40.8. The summed E-state index contributed by atoms with van der Waals surface area (Å²) >= 11 is 48.5. The molecule has 466 valence electrons. The van der Waals surface area contributed by atoms with Crippen molar-refractivity contribution >= 4 is 157 Å². The number of halogens is 11. The van der Waals surface area contributed by atoms with Crippen molar-refractivity contribution in [3.8, 4) is 28.8 Å². The van der Waals surface area contributed by atoms with Gasteiger partial charge in [-0.3, -0.25) is 29.8 Å². The maximum absolute atomic E-state index is 11.4. The fraction of sp³-hybridized carbons (Fsp3) is 0.246. The average molecular weight is 1410 g/mol. The number of ketones is 1. The molecule has 7 rings (SSSR count). The molecule has 7 aromatic rings. The lowest BCUT2D eigenvalue weighted by molar-refractivity contribution is -0.145. The van der Waals surface area contributed by atoms with E-state index in [4.69, 9.17) is 101 Å². The SMILES string of the molecule is C.CCO.CCOC(=N)c1cccc(Cl)c1.CCOC(=O)CC(=O)CC.CCc1cc(=O)[nH]c(-c2cccc(Cl)c2)n1.CCc1cc(Cl)nc(-c2cccc(Cl)c2)n1.Cl.Cl.N.N#Cc1cccc(Cl)c1.N=C(N)c1cccc(Cl)c1.O=P(Cl)(Cl)Cl. The minimum absolute atomic E-state index is 0. The summed E-state index contributed by atoms with van der Waals surface area (Å²) in [6.45, 7) is 12.1. The second kappa shape index (κ2) is 51.1. The molecule has 85 heavy (non-hydrogen) atoms. The van der Waals surface area contributed by atoms with Gasteiger partial charge >= 0.3 is 11.2 Å². The third-order valence-corrected chi connectivity index (χ3v) is 10.3. The molecule has 0 aliphatic heterocycles. The number of nitrogens with zero attached hydrogens (tertiary/aromatic N) is 4. The number of rotatable bonds is 11. The van der Waals surface area contributed by atoms with Gasteiger partial charge in [-0.1, -0.05) is 146 Å². The number of nitriles is 1. The Bertz CT molecular complexity index is 3220. The molecular formula is C57H69Cl11N9O7P. The van der Waals surface area contributed by atoms with E-state index in [0.717, 1.165) is 35.4 Å². The predicted molar refractivity (Wildman–Crippen MR) is 361 cm³/mol. The van der Waals surface area contributed by atoms with Crippen LogP contribution >= 0.6 is 133 Å². The third kappa shape index (κ3) is 44.1. The number of aromatic nitrogens is 4. The van der Waals surface area contributed by atoms with E-state index >= 15 is 0 Å². The van der Waals surface area contributed by atoms with Gasteiger partial charge in [0.2, 0.25) is 5.90 Å². The van der Waals surface area contributed by atoms with E-state index in [0.29, 0.717) is 78.2 Å². The van der Waals surface area contributed by atoms with Gasteiger partial charge in [-0.05, 0) is 146 Å². The Hall–Kier alpha value is -5.03. The largest absolute Gasteiger partial charge is 0.478 e. The highest BCUT2D eigenvalue weighted by molar-refractivity contribution is 8.24. The first kappa shape index (κ1) is 88.7. The number of esters is 1. The topological polar surface area (TPSA) is 294 Å². The number of hydrogen-bond acceptors (Lipinski definition) is 14. The molecule has 0 radical (unpaired) electrons. The van der Waals surface area contributed by atoms with E-state index in [-0.39, 0.29) is 74.5 Å². The van der Waals surface area contributed by atoms with Crippen LogP contribution in [0.15, 0.2) is 138 Å². The van der Waals surface area contributed by atoms with Gasteiger partial charge in [0.15, 0.2) is 5.82 Å². The number of carbonyl (C=O) groups is 2. The van der Waals surface area contributed by atoms with Gasteiger partial charge < -0.3 is 31.4 Å². The molecule has 0 bridgehead atoms. The van der Waals surface area contributed by atoms with Crippen LogP contribution in [0.2, 0.25) is 30.3 Å². The molecule has 0 fully saturated rings. The zero-order chi connectivity index (χ0) is 61.5. The molecule has 0 aliphatic carbocycles. The van der Waals surface area contributed by atoms with Crippen molar-refractivity contribution in [1.82, 2.24) is 26.1 Å². The fourth-order valence-corrected chi connectivity index (χ4v) is 6.59. The molecular weight excluding hydrogens is 1340 g/mol. The Morgan fingerprint density at radius 1 is 0.647 bits per heavy atom. The Kier molecular flexibility index (Phi) is 53.3. The first-order chi connectivity index (χ1) is 38.2. The van der Waals surface area contributed by atoms with Crippen LogP contribution < -0.4 is 17.4 Å². The smallest absolute Gasteiger partial charge is 0.339 e. The number of benzene rings is 5. The van der Waals surface area contributed by atoms with Gasteiger partial charge in [-0.2, -0.15) is 5.26 Å². The standard InChI is InChI=1S/C12H10Cl2N2.C12H11ClN2O.C9H10ClNO.C7H7ClN2.C7H4ClN.C7H12O3.C2H6O.CH4.Cl3OP.2ClH.H3N/c1-2-10-7-11(14)16-12(15-10)8-4-3-5-9(13)6-8;1-2-10-7-11(16)15-12(14-10)8-4-3-5-9(13)6-8;1-2-12-9(11)7-4-3-5-8(10)6-7;8-6-3-1-2-5(4-6)7(9)10;8-7-3-1-2-6(4-7)5-9;1-3-6(8)5-7(9)10-4-2;1-2-3;;1-5(2,3)4;;;/h3-7H,2H2,1H3;3-7H,2H2,1H3,(H,14,15,16);3-6,11H,2H2,1H3;1-4H,(H3,9,10);1-4H;3-5H2,1-2H3;3H,2H2,1H3;1H4;;2*1H;1H3. The summed E-state index contributed by atoms with van der Waals surface area (Å²) < 4.78 is 19.1. The summed E-state index contributed by atoms with van der Waals surface area (Å²) in [5, 5.41) is 30.8. The predicted octanol–water partition coefficient (Wildman–Crippen LogP) is 18.6. The normalized spacial score (nSPS) is 9.21. The number of aromatic amines is 1. The second-order valence-corrected chi connectivity index (χ2v) is 24.4. The van der Waals surface area contributed by atoms with Crippen molar-refractivity contribution in [2.75, 3.05) is 19.8 Å². The van der Waals surface area contributed by atoms with E-state index < -0.39 is 11.2 Å². The van der Waals surface area contributed by atoms with Crippen molar-refractivity contribution in [2.45, 2.75) is 74.7 Å². The van der Waals surface area contributed by atoms with Crippen molar-refractivity contribution in [2.24, 2.45) is 5.73 Å². The van der Waals surface area contributed by atoms with Crippen LogP contribution in [0.25, 0.3) is 22.8 Å². The van der Waals surface area contributed by atoms with Crippen LogP contribution in [0.4, 0.5) is 0 Å². The first-order valence-corrected chi connectivity index (χ1v) is 30.8. The van der Waals surface area contributed by atoms with Crippen molar-refractivity contribution in [3.63, 3.8) is 0 Å². The minimum Gasteiger partial charge on any atom is -0.478 e. The number of ether oxygens (including phenoxy) is 2. The number of aliphatic hydroxyl groups excluding tert-OH is 1. The number of nitrogens with one attached hydrogen (secondary N) is 3. The van der Waals surface area contributed by atoms with Crippen LogP contribution in [0, 0.1) is 22.1 Å². The summed E-state index contributed by atoms with van der Waals surface area (Å²) in [5.41, 5.74) is 10.4. The molecule has 0 saturated heterocycles. The van der Waals surface area contributed by atoms with Gasteiger partial charge in [0.05, 0.1) is 24.8 Å². The summed E-state index contributed by atoms with van der Waals surface area (Å²) in [4.78, 5) is 48.2. The van der Waals surface area contributed by atoms with Gasteiger partial charge in [0, 0.05) is 77.8 Å². The molecule has 16 nitrogen and oxygen atoms in total. The van der Waals surface area contributed by atoms with Gasteiger partial charge in [-0.25, -0.2) is 15.0 Å². The molecule has 0 atom stereocenters. The number of amidine groups is 1. The number of hydrogen-bond donors (Lipinski definition) is 6. The Labute approximate surface area is 554 Å². The highest BCUT2D eigenvalue weighted by atomic mass is 36.0. The second-order valence-electron chi connectivity index (χ2n) is 15.2. The molecule has 0 spiro atoms. The van der Waals surface area contributed by atoms with E-state index in [1.807, 2.05) is 63.2 Å². The van der Waals surface area contributed by atoms with Gasteiger partial charge in [-0.15, -0.1) is 24.8 Å².